The van der Waals surface area contributed by atoms with E-state index in [-0.39, 0.29) is 34.0 Å². The Bertz CT molecular complexity index is 474. The van der Waals surface area contributed by atoms with E-state index in [0.717, 1.165) is 6.42 Å². The Morgan fingerprint density at radius 1 is 1.38 bits per heavy atom. The monoisotopic (exact) mass is 340 g/mol. The number of amides is 1. The van der Waals surface area contributed by atoms with E-state index >= 15 is 0 Å². The number of benzene rings is 1. The quantitative estimate of drug-likeness (QED) is 0.790. The van der Waals surface area contributed by atoms with E-state index in [1.165, 1.54) is 12.1 Å². The third-order valence-corrected chi connectivity index (χ3v) is 3.44. The molecule has 1 unspecified atom stereocenters. The van der Waals surface area contributed by atoms with Crippen LogP contribution in [0.3, 0.4) is 0 Å². The van der Waals surface area contributed by atoms with Crippen molar-refractivity contribution in [2.75, 3.05) is 11.9 Å². The summed E-state index contributed by atoms with van der Waals surface area (Å²) in [6.45, 7) is -0.683. The first-order chi connectivity index (χ1) is 9.87. The van der Waals surface area contributed by atoms with Crippen LogP contribution in [0.15, 0.2) is 12.1 Å². The van der Waals surface area contributed by atoms with Crippen molar-refractivity contribution in [3.8, 4) is 5.75 Å². The van der Waals surface area contributed by atoms with Crippen LogP contribution in [0.2, 0.25) is 10.0 Å². The molecule has 0 bridgehead atoms. The van der Waals surface area contributed by atoms with Gasteiger partial charge in [0.25, 0.3) is 0 Å². The molecule has 1 amide bonds. The molecule has 3 N–H and O–H groups in total. The molecular weight excluding hydrogens is 325 g/mol. The summed E-state index contributed by atoms with van der Waals surface area (Å²) in [5.74, 6) is -0.487. The molecule has 0 aliphatic carbocycles. The van der Waals surface area contributed by atoms with Gasteiger partial charge in [-0.15, -0.1) is 0 Å². The second-order valence-electron chi connectivity index (χ2n) is 4.41. The van der Waals surface area contributed by atoms with Gasteiger partial charge in [-0.05, 0) is 24.6 Å². The van der Waals surface area contributed by atoms with Crippen LogP contribution in [0.1, 0.15) is 19.8 Å². The number of rotatable bonds is 7. The zero-order valence-electron chi connectivity index (χ0n) is 11.3. The van der Waals surface area contributed by atoms with Gasteiger partial charge in [-0.25, -0.2) is 0 Å². The second-order valence-corrected chi connectivity index (χ2v) is 5.22. The van der Waals surface area contributed by atoms with Crippen LogP contribution in [0.25, 0.3) is 0 Å². The lowest BCUT2D eigenvalue weighted by molar-refractivity contribution is -0.117. The SMILES string of the molecule is CCC(CN)CC(=O)Nc1cc(Cl)c(OC(F)F)c(Cl)c1. The molecule has 0 saturated carbocycles. The third-order valence-electron chi connectivity index (χ3n) is 2.87. The molecule has 1 aromatic rings. The molecule has 0 aliphatic rings. The van der Waals surface area contributed by atoms with Crippen molar-refractivity contribution >= 4 is 34.8 Å². The van der Waals surface area contributed by atoms with Gasteiger partial charge in [-0.1, -0.05) is 36.5 Å². The molecule has 21 heavy (non-hydrogen) atoms. The number of alkyl halides is 2. The average Bonchev–Trinajstić information content (AvgIpc) is 2.40. The number of halogens is 4. The molecule has 0 saturated heterocycles. The Kier molecular flexibility index (Phi) is 7.14. The van der Waals surface area contributed by atoms with E-state index in [0.29, 0.717) is 12.2 Å². The maximum Gasteiger partial charge on any atom is 0.387 e. The van der Waals surface area contributed by atoms with Gasteiger partial charge in [-0.2, -0.15) is 8.78 Å². The summed E-state index contributed by atoms with van der Waals surface area (Å²) in [6, 6.07) is 2.60. The summed E-state index contributed by atoms with van der Waals surface area (Å²) in [4.78, 5) is 11.8. The summed E-state index contributed by atoms with van der Waals surface area (Å²) in [7, 11) is 0. The van der Waals surface area contributed by atoms with Gasteiger partial charge in [0.1, 0.15) is 0 Å². The highest BCUT2D eigenvalue weighted by Gasteiger charge is 2.16. The normalized spacial score (nSPS) is 12.3. The van der Waals surface area contributed by atoms with Gasteiger partial charge >= 0.3 is 6.61 Å². The van der Waals surface area contributed by atoms with E-state index < -0.39 is 6.61 Å². The minimum Gasteiger partial charge on any atom is -0.432 e. The van der Waals surface area contributed by atoms with Crippen LogP contribution < -0.4 is 15.8 Å². The van der Waals surface area contributed by atoms with Crippen molar-refractivity contribution in [2.24, 2.45) is 11.7 Å². The Labute approximate surface area is 131 Å². The molecule has 8 heteroatoms. The van der Waals surface area contributed by atoms with Crippen LogP contribution in [0, 0.1) is 5.92 Å². The highest BCUT2D eigenvalue weighted by atomic mass is 35.5. The summed E-state index contributed by atoms with van der Waals surface area (Å²) in [5.41, 5.74) is 5.84. The zero-order valence-corrected chi connectivity index (χ0v) is 12.8. The third kappa shape index (κ3) is 5.65. The molecule has 1 aromatic carbocycles. The van der Waals surface area contributed by atoms with Gasteiger partial charge in [0.15, 0.2) is 5.75 Å². The van der Waals surface area contributed by atoms with Crippen molar-refractivity contribution in [3.05, 3.63) is 22.2 Å². The van der Waals surface area contributed by atoms with Crippen molar-refractivity contribution in [2.45, 2.75) is 26.4 Å². The van der Waals surface area contributed by atoms with Crippen molar-refractivity contribution in [1.29, 1.82) is 0 Å². The lowest BCUT2D eigenvalue weighted by Crippen LogP contribution is -2.21. The average molecular weight is 341 g/mol. The fourth-order valence-electron chi connectivity index (χ4n) is 1.70. The number of carbonyl (C=O) groups is 1. The van der Waals surface area contributed by atoms with Crippen LogP contribution in [0.4, 0.5) is 14.5 Å². The number of carbonyl (C=O) groups excluding carboxylic acids is 1. The number of nitrogens with two attached hydrogens (primary N) is 1. The summed E-state index contributed by atoms with van der Waals surface area (Å²) in [5, 5.41) is 2.38. The zero-order chi connectivity index (χ0) is 16.0. The highest BCUT2D eigenvalue weighted by molar-refractivity contribution is 6.37. The van der Waals surface area contributed by atoms with Crippen LogP contribution in [-0.4, -0.2) is 19.1 Å². The van der Waals surface area contributed by atoms with E-state index in [1.54, 1.807) is 0 Å². The van der Waals surface area contributed by atoms with Crippen molar-refractivity contribution in [1.82, 2.24) is 0 Å². The van der Waals surface area contributed by atoms with E-state index in [9.17, 15) is 13.6 Å². The molecule has 0 aliphatic heterocycles. The minimum atomic E-state index is -3.03. The molecule has 0 aromatic heterocycles. The van der Waals surface area contributed by atoms with Crippen molar-refractivity contribution < 1.29 is 18.3 Å². The predicted molar refractivity (Wildman–Crippen MR) is 79.2 cm³/mol. The maximum absolute atomic E-state index is 12.2. The largest absolute Gasteiger partial charge is 0.432 e. The summed E-state index contributed by atoms with van der Waals surface area (Å²) in [6.07, 6.45) is 1.05. The number of hydrogen-bond donors (Lipinski definition) is 2. The van der Waals surface area contributed by atoms with Gasteiger partial charge < -0.3 is 15.8 Å². The molecule has 1 rings (SSSR count). The molecule has 118 valence electrons. The molecule has 0 heterocycles. The van der Waals surface area contributed by atoms with Gasteiger partial charge in [0, 0.05) is 12.1 Å². The fourth-order valence-corrected chi connectivity index (χ4v) is 2.28. The van der Waals surface area contributed by atoms with Crippen LogP contribution in [0.5, 0.6) is 5.75 Å². The molecular formula is C13H16Cl2F2N2O2. The lowest BCUT2D eigenvalue weighted by atomic mass is 10.0. The molecule has 0 fully saturated rings. The molecule has 4 nitrogen and oxygen atoms in total. The number of anilines is 1. The van der Waals surface area contributed by atoms with E-state index in [2.05, 4.69) is 10.1 Å². The summed E-state index contributed by atoms with van der Waals surface area (Å²) >= 11 is 11.6. The first-order valence-corrected chi connectivity index (χ1v) is 7.06. The number of nitrogens with one attached hydrogen (secondary N) is 1. The number of hydrogen-bond acceptors (Lipinski definition) is 3. The lowest BCUT2D eigenvalue weighted by Gasteiger charge is -2.14. The van der Waals surface area contributed by atoms with E-state index in [1.807, 2.05) is 6.92 Å². The van der Waals surface area contributed by atoms with Gasteiger partial charge in [0.05, 0.1) is 10.0 Å². The Balaban J connectivity index is 2.79. The topological polar surface area (TPSA) is 64.4 Å². The number of ether oxygens (including phenoxy) is 1. The minimum absolute atomic E-state index is 0.0809. The Morgan fingerprint density at radius 3 is 2.38 bits per heavy atom. The summed E-state index contributed by atoms with van der Waals surface area (Å²) < 4.78 is 28.6. The van der Waals surface area contributed by atoms with Crippen LogP contribution in [-0.2, 0) is 4.79 Å². The first-order valence-electron chi connectivity index (χ1n) is 6.31. The Morgan fingerprint density at radius 2 is 1.95 bits per heavy atom. The smallest absolute Gasteiger partial charge is 0.387 e. The van der Waals surface area contributed by atoms with Gasteiger partial charge in [-0.3, -0.25) is 4.79 Å². The van der Waals surface area contributed by atoms with Crippen LogP contribution >= 0.6 is 23.2 Å². The predicted octanol–water partition coefficient (Wildman–Crippen LogP) is 3.91. The first kappa shape index (κ1) is 17.9. The van der Waals surface area contributed by atoms with Gasteiger partial charge in [0.2, 0.25) is 5.91 Å². The second kappa shape index (κ2) is 8.36. The van der Waals surface area contributed by atoms with E-state index in [4.69, 9.17) is 28.9 Å². The van der Waals surface area contributed by atoms with Crippen molar-refractivity contribution in [3.63, 3.8) is 0 Å². The molecule has 1 atom stereocenters. The highest BCUT2D eigenvalue weighted by Crippen LogP contribution is 2.37. The molecule has 0 spiro atoms. The molecule has 0 radical (unpaired) electrons. The standard InChI is InChI=1S/C13H16Cl2F2N2O2/c1-2-7(6-18)3-11(20)19-8-4-9(14)12(10(15)5-8)21-13(16)17/h4-5,7,13H,2-3,6,18H2,1H3,(H,19,20). The Hall–Kier alpha value is -1.11. The maximum atomic E-state index is 12.2. The fraction of sp³-hybridized carbons (Fsp3) is 0.462.